The van der Waals surface area contributed by atoms with E-state index < -0.39 is 15.7 Å². The van der Waals surface area contributed by atoms with Crippen LogP contribution in [0, 0.1) is 0 Å². The van der Waals surface area contributed by atoms with E-state index in [2.05, 4.69) is 10.6 Å². The number of hydrogen-bond donors (Lipinski definition) is 2. The fourth-order valence-corrected chi connectivity index (χ4v) is 3.49. The van der Waals surface area contributed by atoms with Crippen LogP contribution in [-0.2, 0) is 19.4 Å². The summed E-state index contributed by atoms with van der Waals surface area (Å²) in [6.07, 6.45) is 0.167. The molecule has 7 nitrogen and oxygen atoms in total. The molecule has 19 heavy (non-hydrogen) atoms. The van der Waals surface area contributed by atoms with Crippen LogP contribution in [0.2, 0.25) is 0 Å². The molecule has 0 radical (unpaired) electrons. The molecule has 0 spiro atoms. The Labute approximate surface area is 113 Å². The lowest BCUT2D eigenvalue weighted by atomic mass is 10.2. The molecule has 0 saturated carbocycles. The third-order valence-corrected chi connectivity index (χ3v) is 4.57. The van der Waals surface area contributed by atoms with Gasteiger partial charge in [0.15, 0.2) is 9.84 Å². The summed E-state index contributed by atoms with van der Waals surface area (Å²) in [5, 5.41) is 5.20. The lowest BCUT2D eigenvalue weighted by Gasteiger charge is -2.12. The SMILES string of the molecule is CN(C)CCNC(=O)CC(=O)NC1CCS(=O)(=O)C1. The van der Waals surface area contributed by atoms with Crippen LogP contribution in [0.1, 0.15) is 12.8 Å². The van der Waals surface area contributed by atoms with E-state index in [0.717, 1.165) is 0 Å². The van der Waals surface area contributed by atoms with E-state index in [1.807, 2.05) is 19.0 Å². The Morgan fingerprint density at radius 1 is 1.26 bits per heavy atom. The molecule has 1 fully saturated rings. The first kappa shape index (κ1) is 15.9. The zero-order valence-corrected chi connectivity index (χ0v) is 12.1. The summed E-state index contributed by atoms with van der Waals surface area (Å²) in [5.41, 5.74) is 0. The van der Waals surface area contributed by atoms with E-state index >= 15 is 0 Å². The molecule has 0 aliphatic carbocycles. The Morgan fingerprint density at radius 3 is 2.47 bits per heavy atom. The molecule has 1 aliphatic rings. The molecule has 1 atom stereocenters. The first-order valence-corrected chi connectivity index (χ1v) is 8.02. The zero-order valence-electron chi connectivity index (χ0n) is 11.3. The van der Waals surface area contributed by atoms with E-state index in [4.69, 9.17) is 0 Å². The summed E-state index contributed by atoms with van der Waals surface area (Å²) >= 11 is 0. The summed E-state index contributed by atoms with van der Waals surface area (Å²) in [6, 6.07) is -0.355. The summed E-state index contributed by atoms with van der Waals surface area (Å²) < 4.78 is 22.4. The standard InChI is InChI=1S/C11H21N3O4S/c1-14(2)5-4-12-10(15)7-11(16)13-9-3-6-19(17,18)8-9/h9H,3-8H2,1-2H3,(H,12,15)(H,13,16). The minimum atomic E-state index is -3.01. The first-order valence-electron chi connectivity index (χ1n) is 6.20. The molecule has 1 heterocycles. The van der Waals surface area contributed by atoms with Crippen molar-refractivity contribution in [1.82, 2.24) is 15.5 Å². The van der Waals surface area contributed by atoms with Crippen LogP contribution in [0.15, 0.2) is 0 Å². The van der Waals surface area contributed by atoms with Gasteiger partial charge in [0.25, 0.3) is 0 Å². The highest BCUT2D eigenvalue weighted by molar-refractivity contribution is 7.91. The molecule has 0 bridgehead atoms. The number of rotatable bonds is 6. The van der Waals surface area contributed by atoms with Gasteiger partial charge in [0.2, 0.25) is 11.8 Å². The van der Waals surface area contributed by atoms with Gasteiger partial charge >= 0.3 is 0 Å². The van der Waals surface area contributed by atoms with Crippen molar-refractivity contribution in [3.63, 3.8) is 0 Å². The summed E-state index contributed by atoms with van der Waals surface area (Å²) in [5.74, 6) is -0.696. The third-order valence-electron chi connectivity index (χ3n) is 2.80. The van der Waals surface area contributed by atoms with Gasteiger partial charge in [0.1, 0.15) is 6.42 Å². The van der Waals surface area contributed by atoms with E-state index in [-0.39, 0.29) is 29.9 Å². The largest absolute Gasteiger partial charge is 0.354 e. The van der Waals surface area contributed by atoms with Gasteiger partial charge in [-0.2, -0.15) is 0 Å². The quantitative estimate of drug-likeness (QED) is 0.572. The molecule has 0 aromatic rings. The van der Waals surface area contributed by atoms with Crippen molar-refractivity contribution in [2.24, 2.45) is 0 Å². The monoisotopic (exact) mass is 291 g/mol. The highest BCUT2D eigenvalue weighted by Gasteiger charge is 2.29. The van der Waals surface area contributed by atoms with Gasteiger partial charge in [-0.05, 0) is 20.5 Å². The van der Waals surface area contributed by atoms with E-state index in [1.165, 1.54) is 0 Å². The number of hydrogen-bond acceptors (Lipinski definition) is 5. The highest BCUT2D eigenvalue weighted by Crippen LogP contribution is 2.11. The average molecular weight is 291 g/mol. The van der Waals surface area contributed by atoms with Crippen LogP contribution < -0.4 is 10.6 Å². The van der Waals surface area contributed by atoms with Crippen molar-refractivity contribution in [2.75, 3.05) is 38.7 Å². The van der Waals surface area contributed by atoms with E-state index in [1.54, 1.807) is 0 Å². The maximum Gasteiger partial charge on any atom is 0.229 e. The van der Waals surface area contributed by atoms with Crippen molar-refractivity contribution in [3.8, 4) is 0 Å². The van der Waals surface area contributed by atoms with Crippen LogP contribution in [0.25, 0.3) is 0 Å². The van der Waals surface area contributed by atoms with Crippen LogP contribution in [0.4, 0.5) is 0 Å². The number of nitrogens with zero attached hydrogens (tertiary/aromatic N) is 1. The fourth-order valence-electron chi connectivity index (χ4n) is 1.81. The van der Waals surface area contributed by atoms with Crippen LogP contribution >= 0.6 is 0 Å². The van der Waals surface area contributed by atoms with Gasteiger partial charge in [-0.1, -0.05) is 0 Å². The molecule has 0 aromatic carbocycles. The van der Waals surface area contributed by atoms with Crippen molar-refractivity contribution in [2.45, 2.75) is 18.9 Å². The normalized spacial score (nSPS) is 21.3. The lowest BCUT2D eigenvalue weighted by Crippen LogP contribution is -2.39. The summed E-state index contributed by atoms with van der Waals surface area (Å²) in [4.78, 5) is 24.9. The lowest BCUT2D eigenvalue weighted by molar-refractivity contribution is -0.129. The van der Waals surface area contributed by atoms with Crippen molar-refractivity contribution >= 4 is 21.7 Å². The number of amides is 2. The van der Waals surface area contributed by atoms with Crippen LogP contribution in [0.5, 0.6) is 0 Å². The van der Waals surface area contributed by atoms with Gasteiger partial charge < -0.3 is 15.5 Å². The first-order chi connectivity index (χ1) is 8.78. The number of nitrogens with one attached hydrogen (secondary N) is 2. The molecular weight excluding hydrogens is 270 g/mol. The maximum absolute atomic E-state index is 11.5. The average Bonchev–Trinajstić information content (AvgIpc) is 2.56. The Morgan fingerprint density at radius 2 is 1.95 bits per heavy atom. The third kappa shape index (κ3) is 6.53. The minimum absolute atomic E-state index is 0.0268. The molecule has 1 unspecified atom stereocenters. The summed E-state index contributed by atoms with van der Waals surface area (Å²) in [6.45, 7) is 1.19. The topological polar surface area (TPSA) is 95.6 Å². The van der Waals surface area contributed by atoms with E-state index in [9.17, 15) is 18.0 Å². The highest BCUT2D eigenvalue weighted by atomic mass is 32.2. The number of likely N-dealkylation sites (N-methyl/N-ethyl adjacent to an activating group) is 1. The molecule has 110 valence electrons. The predicted octanol–water partition coefficient (Wildman–Crippen LogP) is -1.64. The van der Waals surface area contributed by atoms with E-state index in [0.29, 0.717) is 19.5 Å². The Bertz CT molecular complexity index is 433. The van der Waals surface area contributed by atoms with Crippen LogP contribution in [0.3, 0.4) is 0 Å². The second-order valence-corrected chi connectivity index (χ2v) is 7.23. The maximum atomic E-state index is 11.5. The molecule has 1 saturated heterocycles. The second-order valence-electron chi connectivity index (χ2n) is 5.00. The number of carbonyl (C=O) groups is 2. The molecule has 2 N–H and O–H groups in total. The zero-order chi connectivity index (χ0) is 14.5. The van der Waals surface area contributed by atoms with Crippen molar-refractivity contribution in [1.29, 1.82) is 0 Å². The smallest absolute Gasteiger partial charge is 0.229 e. The molecule has 1 aliphatic heterocycles. The van der Waals surface area contributed by atoms with Gasteiger partial charge in [-0.25, -0.2) is 8.42 Å². The van der Waals surface area contributed by atoms with Crippen LogP contribution in [-0.4, -0.2) is 69.9 Å². The van der Waals surface area contributed by atoms with Crippen molar-refractivity contribution < 1.29 is 18.0 Å². The molecule has 2 amide bonds. The number of sulfone groups is 1. The van der Waals surface area contributed by atoms with Gasteiger partial charge in [-0.15, -0.1) is 0 Å². The van der Waals surface area contributed by atoms with Gasteiger partial charge in [0.05, 0.1) is 11.5 Å². The second kappa shape index (κ2) is 6.85. The van der Waals surface area contributed by atoms with Crippen molar-refractivity contribution in [3.05, 3.63) is 0 Å². The Hall–Kier alpha value is -1.15. The predicted molar refractivity (Wildman–Crippen MR) is 71.4 cm³/mol. The summed E-state index contributed by atoms with van der Waals surface area (Å²) in [7, 11) is 0.763. The molecular formula is C11H21N3O4S. The molecule has 1 rings (SSSR count). The molecule has 0 aromatic heterocycles. The van der Waals surface area contributed by atoms with Gasteiger partial charge in [0, 0.05) is 19.1 Å². The molecule has 8 heteroatoms. The number of carbonyl (C=O) groups excluding carboxylic acids is 2. The Kier molecular flexibility index (Phi) is 5.74. The fraction of sp³-hybridized carbons (Fsp3) is 0.818. The van der Waals surface area contributed by atoms with Gasteiger partial charge in [-0.3, -0.25) is 9.59 Å². The minimum Gasteiger partial charge on any atom is -0.354 e. The Balaban J connectivity index is 2.22.